The predicted octanol–water partition coefficient (Wildman–Crippen LogP) is 16.9. The first-order chi connectivity index (χ1) is 29.5. The molecule has 0 aliphatic rings. The Bertz CT molecular complexity index is 1020. The maximum atomic E-state index is 12.8. The van der Waals surface area contributed by atoms with Crippen molar-refractivity contribution in [3.05, 3.63) is 36.5 Å². The van der Waals surface area contributed by atoms with Gasteiger partial charge in [-0.25, -0.2) is 0 Å². The molecule has 0 aromatic rings. The van der Waals surface area contributed by atoms with Gasteiger partial charge < -0.3 is 14.2 Å². The van der Waals surface area contributed by atoms with E-state index in [2.05, 4.69) is 57.2 Å². The summed E-state index contributed by atoms with van der Waals surface area (Å²) >= 11 is 0. The van der Waals surface area contributed by atoms with E-state index in [0.29, 0.717) is 19.3 Å². The first-order valence-electron chi connectivity index (χ1n) is 26.0. The van der Waals surface area contributed by atoms with Crippen molar-refractivity contribution in [1.82, 2.24) is 0 Å². The minimum atomic E-state index is -0.773. The van der Waals surface area contributed by atoms with Gasteiger partial charge in [0.05, 0.1) is 0 Å². The fourth-order valence-electron chi connectivity index (χ4n) is 7.52. The molecule has 350 valence electrons. The molecule has 0 fully saturated rings. The largest absolute Gasteiger partial charge is 0.462 e. The fraction of sp³-hybridized carbons (Fsp3) is 0.833. The zero-order valence-corrected chi connectivity index (χ0v) is 40.0. The van der Waals surface area contributed by atoms with Crippen molar-refractivity contribution >= 4 is 17.9 Å². The van der Waals surface area contributed by atoms with Gasteiger partial charge in [-0.05, 0) is 51.4 Å². The molecule has 0 heterocycles. The van der Waals surface area contributed by atoms with E-state index in [4.69, 9.17) is 14.2 Å². The number of esters is 3. The molecule has 0 saturated carbocycles. The van der Waals surface area contributed by atoms with Gasteiger partial charge >= 0.3 is 17.9 Å². The maximum Gasteiger partial charge on any atom is 0.306 e. The van der Waals surface area contributed by atoms with E-state index < -0.39 is 6.10 Å². The summed E-state index contributed by atoms with van der Waals surface area (Å²) in [6.45, 7) is 6.54. The zero-order chi connectivity index (χ0) is 43.7. The van der Waals surface area contributed by atoms with Gasteiger partial charge in [0.1, 0.15) is 13.2 Å². The molecular formula is C54H98O6. The number of hydrogen-bond acceptors (Lipinski definition) is 6. The Kier molecular flexibility index (Phi) is 47.3. The second-order valence-corrected chi connectivity index (χ2v) is 17.4. The molecule has 0 amide bonds. The predicted molar refractivity (Wildman–Crippen MR) is 256 cm³/mol. The number of carbonyl (C=O) groups is 3. The lowest BCUT2D eigenvalue weighted by Crippen LogP contribution is -2.30. The second-order valence-electron chi connectivity index (χ2n) is 17.4. The van der Waals surface area contributed by atoms with Crippen molar-refractivity contribution in [3.63, 3.8) is 0 Å². The number of rotatable bonds is 47. The third kappa shape index (κ3) is 46.7. The van der Waals surface area contributed by atoms with Gasteiger partial charge in [-0.3, -0.25) is 14.4 Å². The Balaban J connectivity index is 4.37. The third-order valence-electron chi connectivity index (χ3n) is 11.4. The Morgan fingerprint density at radius 1 is 0.350 bits per heavy atom. The molecule has 0 rings (SSSR count). The molecule has 0 bridgehead atoms. The molecular weight excluding hydrogens is 745 g/mol. The van der Waals surface area contributed by atoms with Crippen molar-refractivity contribution in [2.75, 3.05) is 13.2 Å². The van der Waals surface area contributed by atoms with Crippen molar-refractivity contribution in [1.29, 1.82) is 0 Å². The van der Waals surface area contributed by atoms with Crippen LogP contribution >= 0.6 is 0 Å². The number of carbonyl (C=O) groups excluding carboxylic acids is 3. The van der Waals surface area contributed by atoms with Crippen LogP contribution in [0.25, 0.3) is 0 Å². The van der Waals surface area contributed by atoms with Crippen LogP contribution in [0.1, 0.15) is 271 Å². The van der Waals surface area contributed by atoms with Crippen LogP contribution in [0.4, 0.5) is 0 Å². The molecule has 0 aliphatic heterocycles. The summed E-state index contributed by atoms with van der Waals surface area (Å²) in [6.07, 6.45) is 56.9. The van der Waals surface area contributed by atoms with Gasteiger partial charge in [-0.15, -0.1) is 0 Å². The van der Waals surface area contributed by atoms with Gasteiger partial charge in [-0.1, -0.05) is 237 Å². The van der Waals surface area contributed by atoms with Crippen LogP contribution in [0, 0.1) is 0 Å². The zero-order valence-electron chi connectivity index (χ0n) is 40.0. The smallest absolute Gasteiger partial charge is 0.306 e. The molecule has 0 spiro atoms. The molecule has 6 nitrogen and oxygen atoms in total. The minimum Gasteiger partial charge on any atom is -0.462 e. The number of ether oxygens (including phenoxy) is 3. The Hall–Kier alpha value is -2.37. The lowest BCUT2D eigenvalue weighted by molar-refractivity contribution is -0.167. The highest BCUT2D eigenvalue weighted by Gasteiger charge is 2.19. The Morgan fingerprint density at radius 3 is 1.02 bits per heavy atom. The first-order valence-corrected chi connectivity index (χ1v) is 26.0. The summed E-state index contributed by atoms with van der Waals surface area (Å²) in [6, 6.07) is 0. The highest BCUT2D eigenvalue weighted by molar-refractivity contribution is 5.71. The fourth-order valence-corrected chi connectivity index (χ4v) is 7.52. The van der Waals surface area contributed by atoms with Crippen molar-refractivity contribution < 1.29 is 28.6 Å². The van der Waals surface area contributed by atoms with Crippen LogP contribution < -0.4 is 0 Å². The van der Waals surface area contributed by atoms with E-state index in [0.717, 1.165) is 96.3 Å². The van der Waals surface area contributed by atoms with Crippen LogP contribution in [0.15, 0.2) is 36.5 Å². The van der Waals surface area contributed by atoms with E-state index >= 15 is 0 Å². The Labute approximate surface area is 372 Å². The summed E-state index contributed by atoms with van der Waals surface area (Å²) in [4.78, 5) is 38.0. The molecule has 0 radical (unpaired) electrons. The topological polar surface area (TPSA) is 78.9 Å². The van der Waals surface area contributed by atoms with Crippen molar-refractivity contribution in [2.45, 2.75) is 277 Å². The maximum absolute atomic E-state index is 12.8. The van der Waals surface area contributed by atoms with E-state index in [9.17, 15) is 14.4 Å². The first kappa shape index (κ1) is 57.6. The van der Waals surface area contributed by atoms with Gasteiger partial charge in [0.15, 0.2) is 6.10 Å². The van der Waals surface area contributed by atoms with E-state index in [1.165, 1.54) is 135 Å². The second kappa shape index (κ2) is 49.3. The number of hydrogen-bond donors (Lipinski definition) is 0. The van der Waals surface area contributed by atoms with Crippen LogP contribution in [0.3, 0.4) is 0 Å². The van der Waals surface area contributed by atoms with Crippen LogP contribution in [-0.4, -0.2) is 37.2 Å². The average molecular weight is 843 g/mol. The molecule has 0 unspecified atom stereocenters. The number of allylic oxidation sites excluding steroid dienone is 6. The Morgan fingerprint density at radius 2 is 0.650 bits per heavy atom. The summed E-state index contributed by atoms with van der Waals surface area (Å²) < 4.78 is 16.8. The SMILES string of the molecule is CC/C=C/C/C=C/C/C=C/CCCCCCCC(=O)OC[C@@H](COC(=O)CCCCCCCCCCCCCCC)OC(=O)CCCCCCCCCCCCCCCC. The quantitative estimate of drug-likeness (QED) is 0.0263. The van der Waals surface area contributed by atoms with Gasteiger partial charge in [-0.2, -0.15) is 0 Å². The summed E-state index contributed by atoms with van der Waals surface area (Å²) in [5, 5.41) is 0. The van der Waals surface area contributed by atoms with Crippen LogP contribution in [0.5, 0.6) is 0 Å². The lowest BCUT2D eigenvalue weighted by Gasteiger charge is -2.18. The normalized spacial score (nSPS) is 12.2. The average Bonchev–Trinajstić information content (AvgIpc) is 3.24. The van der Waals surface area contributed by atoms with Crippen molar-refractivity contribution in [3.8, 4) is 0 Å². The van der Waals surface area contributed by atoms with Crippen LogP contribution in [0.2, 0.25) is 0 Å². The monoisotopic (exact) mass is 843 g/mol. The minimum absolute atomic E-state index is 0.0733. The molecule has 1 atom stereocenters. The van der Waals surface area contributed by atoms with Gasteiger partial charge in [0.25, 0.3) is 0 Å². The third-order valence-corrected chi connectivity index (χ3v) is 11.4. The molecule has 60 heavy (non-hydrogen) atoms. The van der Waals surface area contributed by atoms with Crippen molar-refractivity contribution in [2.24, 2.45) is 0 Å². The summed E-state index contributed by atoms with van der Waals surface area (Å²) in [7, 11) is 0. The molecule has 0 aromatic carbocycles. The molecule has 0 N–H and O–H groups in total. The highest BCUT2D eigenvalue weighted by atomic mass is 16.6. The van der Waals surface area contributed by atoms with Crippen LogP contribution in [-0.2, 0) is 28.6 Å². The molecule has 0 aliphatic carbocycles. The molecule has 0 saturated heterocycles. The van der Waals surface area contributed by atoms with E-state index in [-0.39, 0.29) is 31.1 Å². The standard InChI is InChI=1S/C54H98O6/c1-4-7-10-13-16-19-22-25-27-30-32-35-38-41-44-47-53(56)59-50-51(49-58-52(55)46-43-40-37-34-31-28-24-21-18-15-12-9-6-3)60-54(57)48-45-42-39-36-33-29-26-23-20-17-14-11-8-5-2/h7,10,16,19,25,27,51H,4-6,8-9,11-15,17-18,20-24,26,28-50H2,1-3H3/b10-7+,19-16+,27-25+/t51-/m1/s1. The summed E-state index contributed by atoms with van der Waals surface area (Å²) in [5.41, 5.74) is 0. The van der Waals surface area contributed by atoms with Gasteiger partial charge in [0.2, 0.25) is 0 Å². The summed E-state index contributed by atoms with van der Waals surface area (Å²) in [5.74, 6) is -0.878. The van der Waals surface area contributed by atoms with Gasteiger partial charge in [0, 0.05) is 19.3 Å². The molecule has 6 heteroatoms. The van der Waals surface area contributed by atoms with E-state index in [1.54, 1.807) is 0 Å². The lowest BCUT2D eigenvalue weighted by atomic mass is 10.0. The highest BCUT2D eigenvalue weighted by Crippen LogP contribution is 2.16. The molecule has 0 aromatic heterocycles. The number of unbranched alkanes of at least 4 members (excludes halogenated alkanes) is 30. The van der Waals surface area contributed by atoms with E-state index in [1.807, 2.05) is 0 Å².